The van der Waals surface area contributed by atoms with Crippen molar-refractivity contribution < 1.29 is 9.84 Å². The average Bonchev–Trinajstić information content (AvgIpc) is 2.58. The summed E-state index contributed by atoms with van der Waals surface area (Å²) in [5.41, 5.74) is 2.53. The molecule has 2 rings (SSSR count). The molecule has 1 aromatic carbocycles. The van der Waals surface area contributed by atoms with Crippen LogP contribution in [0.2, 0.25) is 0 Å². The maximum Gasteiger partial charge on any atom is 0.123 e. The molecule has 1 aliphatic heterocycles. The van der Waals surface area contributed by atoms with Gasteiger partial charge in [-0.05, 0) is 30.4 Å². The first-order valence-corrected chi connectivity index (χ1v) is 5.87. The van der Waals surface area contributed by atoms with E-state index in [0.717, 1.165) is 18.6 Å². The minimum atomic E-state index is -0.0538. The van der Waals surface area contributed by atoms with Gasteiger partial charge in [0.25, 0.3) is 0 Å². The standard InChI is InChI=1S/C14H20O2/c1-10-4-5-13-11(6-10)7-12(16-13)8-14(2,3)9-15/h4-6,12,15H,7-9H2,1-3H3. The predicted octanol–water partition coefficient (Wildman–Crippen LogP) is 2.71. The molecule has 1 unspecified atom stereocenters. The first-order chi connectivity index (χ1) is 7.50. The zero-order chi connectivity index (χ0) is 11.8. The highest BCUT2D eigenvalue weighted by Crippen LogP contribution is 2.34. The molecule has 2 heteroatoms. The second kappa shape index (κ2) is 4.10. The largest absolute Gasteiger partial charge is 0.490 e. The summed E-state index contributed by atoms with van der Waals surface area (Å²) < 4.78 is 5.89. The van der Waals surface area contributed by atoms with Crippen LogP contribution in [0.4, 0.5) is 0 Å². The van der Waals surface area contributed by atoms with E-state index >= 15 is 0 Å². The Hall–Kier alpha value is -1.02. The van der Waals surface area contributed by atoms with Crippen molar-refractivity contribution in [1.82, 2.24) is 0 Å². The molecule has 2 nitrogen and oxygen atoms in total. The summed E-state index contributed by atoms with van der Waals surface area (Å²) in [6.07, 6.45) is 2.09. The number of hydrogen-bond acceptors (Lipinski definition) is 2. The highest BCUT2D eigenvalue weighted by Gasteiger charge is 2.29. The van der Waals surface area contributed by atoms with Gasteiger partial charge in [0.15, 0.2) is 0 Å². The molecule has 88 valence electrons. The molecule has 0 aromatic heterocycles. The van der Waals surface area contributed by atoms with E-state index in [1.54, 1.807) is 0 Å². The van der Waals surface area contributed by atoms with Crippen molar-refractivity contribution in [3.05, 3.63) is 29.3 Å². The SMILES string of the molecule is Cc1ccc2c(c1)CC(CC(C)(C)CO)O2. The van der Waals surface area contributed by atoms with Crippen LogP contribution in [0.15, 0.2) is 18.2 Å². The number of benzene rings is 1. The average molecular weight is 220 g/mol. The summed E-state index contributed by atoms with van der Waals surface area (Å²) >= 11 is 0. The first kappa shape index (κ1) is 11.5. The first-order valence-electron chi connectivity index (χ1n) is 5.87. The molecule has 0 radical (unpaired) electrons. The van der Waals surface area contributed by atoms with E-state index in [9.17, 15) is 5.11 Å². The maximum atomic E-state index is 9.26. The summed E-state index contributed by atoms with van der Waals surface area (Å²) in [5, 5.41) is 9.26. The smallest absolute Gasteiger partial charge is 0.123 e. The van der Waals surface area contributed by atoms with Gasteiger partial charge in [-0.25, -0.2) is 0 Å². The monoisotopic (exact) mass is 220 g/mol. The lowest BCUT2D eigenvalue weighted by Gasteiger charge is -2.24. The van der Waals surface area contributed by atoms with E-state index in [2.05, 4.69) is 39.0 Å². The molecule has 0 fully saturated rings. The van der Waals surface area contributed by atoms with E-state index in [1.165, 1.54) is 11.1 Å². The molecule has 16 heavy (non-hydrogen) atoms. The molecule has 0 bridgehead atoms. The van der Waals surface area contributed by atoms with Gasteiger partial charge >= 0.3 is 0 Å². The van der Waals surface area contributed by atoms with Crippen LogP contribution < -0.4 is 4.74 Å². The van der Waals surface area contributed by atoms with Gasteiger partial charge < -0.3 is 9.84 Å². The molecule has 0 saturated carbocycles. The Labute approximate surface area is 97.3 Å². The molecule has 1 N–H and O–H groups in total. The lowest BCUT2D eigenvalue weighted by Crippen LogP contribution is -2.26. The fourth-order valence-corrected chi connectivity index (χ4v) is 2.24. The summed E-state index contributed by atoms with van der Waals surface area (Å²) in [4.78, 5) is 0. The number of rotatable bonds is 3. The molecule has 0 spiro atoms. The summed E-state index contributed by atoms with van der Waals surface area (Å²) in [6.45, 7) is 6.46. The topological polar surface area (TPSA) is 29.5 Å². The second-order valence-electron chi connectivity index (χ2n) is 5.58. The van der Waals surface area contributed by atoms with Crippen LogP contribution in [0.3, 0.4) is 0 Å². The number of aliphatic hydroxyl groups is 1. The van der Waals surface area contributed by atoms with Crippen LogP contribution in [0.1, 0.15) is 31.4 Å². The van der Waals surface area contributed by atoms with Crippen molar-refractivity contribution in [1.29, 1.82) is 0 Å². The highest BCUT2D eigenvalue weighted by atomic mass is 16.5. The predicted molar refractivity (Wildman–Crippen MR) is 64.8 cm³/mol. The van der Waals surface area contributed by atoms with Gasteiger partial charge in [0.05, 0.1) is 0 Å². The van der Waals surface area contributed by atoms with Crippen LogP contribution in [-0.4, -0.2) is 17.8 Å². The van der Waals surface area contributed by atoms with Crippen LogP contribution in [0.25, 0.3) is 0 Å². The van der Waals surface area contributed by atoms with Gasteiger partial charge in [-0.2, -0.15) is 0 Å². The zero-order valence-electron chi connectivity index (χ0n) is 10.3. The van der Waals surface area contributed by atoms with Crippen molar-refractivity contribution in [2.24, 2.45) is 5.41 Å². The molecular formula is C14H20O2. The Balaban J connectivity index is 2.06. The van der Waals surface area contributed by atoms with Gasteiger partial charge in [0, 0.05) is 13.0 Å². The highest BCUT2D eigenvalue weighted by molar-refractivity contribution is 5.40. The summed E-state index contributed by atoms with van der Waals surface area (Å²) in [6, 6.07) is 6.33. The molecular weight excluding hydrogens is 200 g/mol. The van der Waals surface area contributed by atoms with Crippen molar-refractivity contribution in [3.8, 4) is 5.75 Å². The quantitative estimate of drug-likeness (QED) is 0.848. The zero-order valence-corrected chi connectivity index (χ0v) is 10.3. The van der Waals surface area contributed by atoms with E-state index in [4.69, 9.17) is 4.74 Å². The summed E-state index contributed by atoms with van der Waals surface area (Å²) in [5.74, 6) is 1.02. The number of aryl methyl sites for hydroxylation is 1. The third-order valence-electron chi connectivity index (χ3n) is 3.17. The van der Waals surface area contributed by atoms with E-state index in [1.807, 2.05) is 0 Å². The molecule has 1 heterocycles. The van der Waals surface area contributed by atoms with Gasteiger partial charge in [-0.15, -0.1) is 0 Å². The Morgan fingerprint density at radius 3 is 2.88 bits per heavy atom. The number of aliphatic hydroxyl groups excluding tert-OH is 1. The molecule has 0 amide bonds. The van der Waals surface area contributed by atoms with E-state index in [-0.39, 0.29) is 18.1 Å². The molecule has 1 atom stereocenters. The summed E-state index contributed by atoms with van der Waals surface area (Å²) in [7, 11) is 0. The van der Waals surface area contributed by atoms with Gasteiger partial charge in [0.2, 0.25) is 0 Å². The normalized spacial score (nSPS) is 19.4. The Morgan fingerprint density at radius 2 is 2.19 bits per heavy atom. The maximum absolute atomic E-state index is 9.26. The van der Waals surface area contributed by atoms with Crippen LogP contribution in [-0.2, 0) is 6.42 Å². The number of ether oxygens (including phenoxy) is 1. The van der Waals surface area contributed by atoms with E-state index in [0.29, 0.717) is 0 Å². The van der Waals surface area contributed by atoms with Crippen LogP contribution in [0, 0.1) is 12.3 Å². The second-order valence-corrected chi connectivity index (χ2v) is 5.58. The lowest BCUT2D eigenvalue weighted by molar-refractivity contribution is 0.0964. The lowest BCUT2D eigenvalue weighted by atomic mass is 9.86. The minimum Gasteiger partial charge on any atom is -0.490 e. The molecule has 1 aromatic rings. The van der Waals surface area contributed by atoms with Crippen molar-refractivity contribution in [3.63, 3.8) is 0 Å². The minimum absolute atomic E-state index is 0.0538. The number of fused-ring (bicyclic) bond motifs is 1. The van der Waals surface area contributed by atoms with E-state index < -0.39 is 0 Å². The Kier molecular flexibility index (Phi) is 2.94. The fraction of sp³-hybridized carbons (Fsp3) is 0.571. The Morgan fingerprint density at radius 1 is 1.44 bits per heavy atom. The third-order valence-corrected chi connectivity index (χ3v) is 3.17. The van der Waals surface area contributed by atoms with Gasteiger partial charge in [-0.3, -0.25) is 0 Å². The van der Waals surface area contributed by atoms with Gasteiger partial charge in [0.1, 0.15) is 11.9 Å². The van der Waals surface area contributed by atoms with Gasteiger partial charge in [-0.1, -0.05) is 31.5 Å². The molecule has 0 saturated heterocycles. The fourth-order valence-electron chi connectivity index (χ4n) is 2.24. The number of hydrogen-bond donors (Lipinski definition) is 1. The van der Waals surface area contributed by atoms with Crippen molar-refractivity contribution in [2.45, 2.75) is 39.7 Å². The van der Waals surface area contributed by atoms with Crippen molar-refractivity contribution in [2.75, 3.05) is 6.61 Å². The van der Waals surface area contributed by atoms with Crippen LogP contribution in [0.5, 0.6) is 5.75 Å². The van der Waals surface area contributed by atoms with Crippen molar-refractivity contribution >= 4 is 0 Å². The molecule has 1 aliphatic rings. The Bertz CT molecular complexity index is 382. The molecule has 0 aliphatic carbocycles. The van der Waals surface area contributed by atoms with Crippen LogP contribution >= 0.6 is 0 Å². The third kappa shape index (κ3) is 2.38.